The van der Waals surface area contributed by atoms with Gasteiger partial charge in [0.1, 0.15) is 12.1 Å². The van der Waals surface area contributed by atoms with Crippen molar-refractivity contribution in [2.45, 2.75) is 13.3 Å². The van der Waals surface area contributed by atoms with Crippen LogP contribution in [0.25, 0.3) is 0 Å². The minimum absolute atomic E-state index is 0.490. The monoisotopic (exact) mass is 312 g/mol. The Morgan fingerprint density at radius 2 is 2.24 bits per heavy atom. The number of nitrogens with zero attached hydrogens (tertiary/aromatic N) is 2. The highest BCUT2D eigenvalue weighted by Crippen LogP contribution is 2.29. The van der Waals surface area contributed by atoms with Crippen LogP contribution in [0.3, 0.4) is 0 Å². The van der Waals surface area contributed by atoms with Crippen LogP contribution in [0.15, 0.2) is 35.2 Å². The summed E-state index contributed by atoms with van der Waals surface area (Å²) in [6.07, 6.45) is 3.94. The molecule has 0 atom stereocenters. The zero-order valence-corrected chi connectivity index (χ0v) is 11.5. The highest BCUT2D eigenvalue weighted by atomic mass is 79.9. The van der Waals surface area contributed by atoms with Gasteiger partial charge in [-0.25, -0.2) is 9.97 Å². The molecule has 2 rings (SSSR count). The molecule has 5 heteroatoms. The lowest BCUT2D eigenvalue weighted by Gasteiger charge is -2.08. The fourth-order valence-electron chi connectivity index (χ4n) is 1.37. The van der Waals surface area contributed by atoms with Crippen LogP contribution < -0.4 is 4.74 Å². The molecule has 0 fully saturated rings. The maximum Gasteiger partial charge on any atom is 0.236 e. The van der Waals surface area contributed by atoms with E-state index in [-0.39, 0.29) is 0 Å². The largest absolute Gasteiger partial charge is 0.438 e. The minimum Gasteiger partial charge on any atom is -0.438 e. The quantitative estimate of drug-likeness (QED) is 0.850. The Bertz CT molecular complexity index is 534. The number of halogens is 2. The number of aromatic nitrogens is 2. The van der Waals surface area contributed by atoms with Gasteiger partial charge in [-0.15, -0.1) is 0 Å². The second kappa shape index (κ2) is 5.47. The van der Waals surface area contributed by atoms with Gasteiger partial charge in [-0.2, -0.15) is 0 Å². The van der Waals surface area contributed by atoms with Gasteiger partial charge in [-0.1, -0.05) is 18.5 Å². The third kappa shape index (κ3) is 2.96. The smallest absolute Gasteiger partial charge is 0.236 e. The van der Waals surface area contributed by atoms with Crippen molar-refractivity contribution >= 4 is 27.5 Å². The van der Waals surface area contributed by atoms with Gasteiger partial charge in [-0.05, 0) is 46.1 Å². The van der Waals surface area contributed by atoms with Crippen LogP contribution in [0.5, 0.6) is 11.6 Å². The summed E-state index contributed by atoms with van der Waals surface area (Å²) >= 11 is 9.37. The average Bonchev–Trinajstić information content (AvgIpc) is 2.34. The maximum absolute atomic E-state index is 6.04. The van der Waals surface area contributed by atoms with Crippen LogP contribution in [0.4, 0.5) is 0 Å². The summed E-state index contributed by atoms with van der Waals surface area (Å²) in [6, 6.07) is 5.55. The van der Waals surface area contributed by atoms with Gasteiger partial charge >= 0.3 is 0 Å². The average molecular weight is 314 g/mol. The Morgan fingerprint density at radius 1 is 1.41 bits per heavy atom. The molecule has 0 amide bonds. The summed E-state index contributed by atoms with van der Waals surface area (Å²) < 4.78 is 6.37. The molecule has 0 unspecified atom stereocenters. The summed E-state index contributed by atoms with van der Waals surface area (Å²) in [6.45, 7) is 2.05. The van der Waals surface area contributed by atoms with Gasteiger partial charge in [0.15, 0.2) is 0 Å². The van der Waals surface area contributed by atoms with Gasteiger partial charge < -0.3 is 4.74 Å². The van der Waals surface area contributed by atoms with E-state index in [0.29, 0.717) is 16.1 Å². The lowest BCUT2D eigenvalue weighted by Crippen LogP contribution is -1.91. The van der Waals surface area contributed by atoms with Crippen molar-refractivity contribution in [1.29, 1.82) is 0 Å². The van der Waals surface area contributed by atoms with Crippen molar-refractivity contribution in [2.75, 3.05) is 0 Å². The molecule has 88 valence electrons. The van der Waals surface area contributed by atoms with E-state index in [1.165, 1.54) is 6.33 Å². The zero-order valence-electron chi connectivity index (χ0n) is 9.15. The molecule has 0 saturated heterocycles. The molecular formula is C12H10BrClN2O. The first-order valence-electron chi connectivity index (χ1n) is 5.12. The first-order chi connectivity index (χ1) is 8.20. The third-order valence-electron chi connectivity index (χ3n) is 2.25. The molecule has 1 aromatic carbocycles. The Labute approximate surface area is 113 Å². The van der Waals surface area contributed by atoms with Crippen LogP contribution in [0.1, 0.15) is 12.5 Å². The van der Waals surface area contributed by atoms with Crippen molar-refractivity contribution in [3.63, 3.8) is 0 Å². The second-order valence-electron chi connectivity index (χ2n) is 3.38. The molecule has 0 aliphatic carbocycles. The van der Waals surface area contributed by atoms with Crippen LogP contribution in [-0.2, 0) is 6.42 Å². The highest BCUT2D eigenvalue weighted by Gasteiger charge is 2.06. The second-order valence-corrected chi connectivity index (χ2v) is 4.65. The Hall–Kier alpha value is -1.13. The number of hydrogen-bond donors (Lipinski definition) is 0. The summed E-state index contributed by atoms with van der Waals surface area (Å²) in [5.41, 5.74) is 1.05. The van der Waals surface area contributed by atoms with Crippen molar-refractivity contribution in [3.05, 3.63) is 45.8 Å². The number of aryl methyl sites for hydroxylation is 1. The SMILES string of the molecule is CCc1cc(Oc2ncncc2Br)ccc1Cl. The fourth-order valence-corrected chi connectivity index (χ4v) is 1.93. The summed E-state index contributed by atoms with van der Waals surface area (Å²) in [5.74, 6) is 1.20. The number of ether oxygens (including phenoxy) is 1. The van der Waals surface area contributed by atoms with E-state index in [0.717, 1.165) is 17.0 Å². The Kier molecular flexibility index (Phi) is 3.97. The fraction of sp³-hybridized carbons (Fsp3) is 0.167. The van der Waals surface area contributed by atoms with E-state index in [2.05, 4.69) is 25.9 Å². The molecular weight excluding hydrogens is 304 g/mol. The van der Waals surface area contributed by atoms with Crippen LogP contribution in [0, 0.1) is 0 Å². The van der Waals surface area contributed by atoms with E-state index in [1.54, 1.807) is 6.20 Å². The van der Waals surface area contributed by atoms with Crippen LogP contribution in [-0.4, -0.2) is 9.97 Å². The Balaban J connectivity index is 2.28. The summed E-state index contributed by atoms with van der Waals surface area (Å²) in [5, 5.41) is 0.751. The zero-order chi connectivity index (χ0) is 12.3. The number of hydrogen-bond acceptors (Lipinski definition) is 3. The molecule has 3 nitrogen and oxygen atoms in total. The van der Waals surface area contributed by atoms with Gasteiger partial charge in [-0.3, -0.25) is 0 Å². The lowest BCUT2D eigenvalue weighted by molar-refractivity contribution is 0.457. The predicted octanol–water partition coefficient (Wildman–Crippen LogP) is 4.25. The first kappa shape index (κ1) is 12.3. The third-order valence-corrected chi connectivity index (χ3v) is 3.16. The molecule has 0 spiro atoms. The molecule has 0 saturated carbocycles. The van der Waals surface area contributed by atoms with Gasteiger partial charge in [0.05, 0.1) is 4.47 Å². The molecule has 0 aliphatic rings. The first-order valence-corrected chi connectivity index (χ1v) is 6.29. The maximum atomic E-state index is 6.04. The van der Waals surface area contributed by atoms with Crippen LogP contribution in [0.2, 0.25) is 5.02 Å². The molecule has 0 radical (unpaired) electrons. The van der Waals surface area contributed by atoms with Crippen molar-refractivity contribution in [1.82, 2.24) is 9.97 Å². The van der Waals surface area contributed by atoms with Gasteiger partial charge in [0, 0.05) is 11.2 Å². The standard InChI is InChI=1S/C12H10BrClN2O/c1-2-8-5-9(3-4-11(8)14)17-12-10(13)6-15-7-16-12/h3-7H,2H2,1H3. The molecule has 0 aliphatic heterocycles. The Morgan fingerprint density at radius 3 is 2.94 bits per heavy atom. The van der Waals surface area contributed by atoms with Crippen LogP contribution >= 0.6 is 27.5 Å². The summed E-state index contributed by atoms with van der Waals surface area (Å²) in [4.78, 5) is 7.91. The molecule has 0 bridgehead atoms. The highest BCUT2D eigenvalue weighted by molar-refractivity contribution is 9.10. The van der Waals surface area contributed by atoms with E-state index >= 15 is 0 Å². The number of rotatable bonds is 3. The topological polar surface area (TPSA) is 35.0 Å². The van der Waals surface area contributed by atoms with Crippen molar-refractivity contribution < 1.29 is 4.74 Å². The molecule has 17 heavy (non-hydrogen) atoms. The van der Waals surface area contributed by atoms with E-state index in [4.69, 9.17) is 16.3 Å². The van der Waals surface area contributed by atoms with E-state index < -0.39 is 0 Å². The molecule has 1 aromatic heterocycles. The molecule has 1 heterocycles. The van der Waals surface area contributed by atoms with E-state index in [9.17, 15) is 0 Å². The predicted molar refractivity (Wildman–Crippen MR) is 70.6 cm³/mol. The normalized spacial score (nSPS) is 10.3. The minimum atomic E-state index is 0.490. The molecule has 2 aromatic rings. The van der Waals surface area contributed by atoms with Gasteiger partial charge in [0.25, 0.3) is 0 Å². The van der Waals surface area contributed by atoms with Crippen molar-refractivity contribution in [2.24, 2.45) is 0 Å². The number of benzene rings is 1. The molecule has 0 N–H and O–H groups in total. The van der Waals surface area contributed by atoms with Crippen molar-refractivity contribution in [3.8, 4) is 11.6 Å². The van der Waals surface area contributed by atoms with Gasteiger partial charge in [0.2, 0.25) is 5.88 Å². The van der Waals surface area contributed by atoms with E-state index in [1.807, 2.05) is 25.1 Å². The summed E-state index contributed by atoms with van der Waals surface area (Å²) in [7, 11) is 0. The lowest BCUT2D eigenvalue weighted by atomic mass is 10.1.